The van der Waals surface area contributed by atoms with E-state index in [1.54, 1.807) is 0 Å². The minimum Gasteiger partial charge on any atom is -0.486 e. The lowest BCUT2D eigenvalue weighted by Gasteiger charge is -2.08. The zero-order valence-electron chi connectivity index (χ0n) is 11.1. The number of nitrogens with one attached hydrogen (secondary N) is 1. The van der Waals surface area contributed by atoms with Crippen molar-refractivity contribution >= 4 is 31.4 Å². The number of benzene rings is 1. The summed E-state index contributed by atoms with van der Waals surface area (Å²) in [5.74, 6) is 0.251. The molecule has 0 aliphatic carbocycles. The van der Waals surface area contributed by atoms with Gasteiger partial charge in [-0.25, -0.2) is 16.8 Å². The Kier molecular flexibility index (Phi) is 5.38. The van der Waals surface area contributed by atoms with Crippen LogP contribution >= 0.6 is 0 Å². The molecule has 21 heavy (non-hydrogen) atoms. The van der Waals surface area contributed by atoms with Gasteiger partial charge < -0.3 is 15.7 Å². The van der Waals surface area contributed by atoms with Crippen LogP contribution < -0.4 is 15.2 Å². The molecule has 9 nitrogen and oxygen atoms in total. The van der Waals surface area contributed by atoms with Crippen molar-refractivity contribution in [2.75, 3.05) is 22.7 Å². The Morgan fingerprint density at radius 2 is 1.86 bits per heavy atom. The van der Waals surface area contributed by atoms with Gasteiger partial charge in [-0.15, -0.1) is 0 Å². The summed E-state index contributed by atoms with van der Waals surface area (Å²) in [6, 6.07) is 5.68. The van der Waals surface area contributed by atoms with Gasteiger partial charge in [-0.3, -0.25) is 4.72 Å². The van der Waals surface area contributed by atoms with Crippen molar-refractivity contribution in [2.45, 2.75) is 0 Å². The topological polar surface area (TPSA) is 148 Å². The summed E-state index contributed by atoms with van der Waals surface area (Å²) in [5.41, 5.74) is 5.41. The highest BCUT2D eigenvalue weighted by molar-refractivity contribution is 8.08. The Morgan fingerprint density at radius 3 is 2.33 bits per heavy atom. The van der Waals surface area contributed by atoms with Gasteiger partial charge in [0.2, 0.25) is 10.0 Å². The number of hydrogen-bond donors (Lipinski definition) is 3. The van der Waals surface area contributed by atoms with Crippen LogP contribution in [0.5, 0.6) is 5.75 Å². The standard InChI is InChI=1S/C10H15N3O6S2/c1-20(15,16)7-21(17,18)13-8-2-4-9(5-3-8)19-6-10(11)12-14/h2-5,13-14H,6-7H2,1H3,(H2,11,12). The molecule has 0 fully saturated rings. The van der Waals surface area contributed by atoms with Crippen LogP contribution in [0.15, 0.2) is 29.4 Å². The molecule has 0 saturated heterocycles. The third kappa shape index (κ3) is 6.81. The van der Waals surface area contributed by atoms with Gasteiger partial charge in [0, 0.05) is 11.9 Å². The van der Waals surface area contributed by atoms with E-state index in [9.17, 15) is 16.8 Å². The smallest absolute Gasteiger partial charge is 0.247 e. The number of rotatable bonds is 7. The molecular formula is C10H15N3O6S2. The first kappa shape index (κ1) is 17.0. The van der Waals surface area contributed by atoms with Gasteiger partial charge in [-0.1, -0.05) is 5.16 Å². The Labute approximate surface area is 122 Å². The third-order valence-electron chi connectivity index (χ3n) is 2.01. The van der Waals surface area contributed by atoms with Crippen LogP contribution in [0.25, 0.3) is 0 Å². The van der Waals surface area contributed by atoms with Crippen LogP contribution in [0, 0.1) is 0 Å². The summed E-state index contributed by atoms with van der Waals surface area (Å²) in [5, 5.41) is 10.1. The normalized spacial score (nSPS) is 12.9. The summed E-state index contributed by atoms with van der Waals surface area (Å²) >= 11 is 0. The van der Waals surface area contributed by atoms with Crippen molar-refractivity contribution in [2.24, 2.45) is 10.9 Å². The van der Waals surface area contributed by atoms with E-state index >= 15 is 0 Å². The molecular weight excluding hydrogens is 322 g/mol. The summed E-state index contributed by atoms with van der Waals surface area (Å²) in [6.07, 6.45) is 0.830. The van der Waals surface area contributed by atoms with Gasteiger partial charge in [0.25, 0.3) is 0 Å². The fourth-order valence-electron chi connectivity index (χ4n) is 1.30. The monoisotopic (exact) mass is 337 g/mol. The number of sulfonamides is 1. The van der Waals surface area contributed by atoms with Crippen LogP contribution in [-0.2, 0) is 19.9 Å². The van der Waals surface area contributed by atoms with E-state index in [1.807, 2.05) is 0 Å². The second kappa shape index (κ2) is 6.63. The average molecular weight is 337 g/mol. The van der Waals surface area contributed by atoms with Crippen LogP contribution in [0.1, 0.15) is 0 Å². The molecule has 118 valence electrons. The molecule has 0 radical (unpaired) electrons. The molecule has 0 aliphatic heterocycles. The average Bonchev–Trinajstić information content (AvgIpc) is 2.34. The molecule has 1 aromatic rings. The number of amidine groups is 1. The Balaban J connectivity index is 2.71. The van der Waals surface area contributed by atoms with Crippen LogP contribution in [0.3, 0.4) is 0 Å². The van der Waals surface area contributed by atoms with Crippen molar-refractivity contribution in [3.8, 4) is 5.75 Å². The Morgan fingerprint density at radius 1 is 1.29 bits per heavy atom. The van der Waals surface area contributed by atoms with Crippen LogP contribution in [-0.4, -0.2) is 45.8 Å². The zero-order valence-corrected chi connectivity index (χ0v) is 12.7. The minimum atomic E-state index is -3.99. The van der Waals surface area contributed by atoms with E-state index in [-0.39, 0.29) is 18.1 Å². The molecule has 0 aliphatic rings. The molecule has 0 atom stereocenters. The summed E-state index contributed by atoms with van der Waals surface area (Å²) in [7, 11) is -7.64. The summed E-state index contributed by atoms with van der Waals surface area (Å²) in [6.45, 7) is -0.129. The Hall–Kier alpha value is -2.01. The first-order valence-electron chi connectivity index (χ1n) is 5.49. The number of sulfone groups is 1. The number of nitrogens with zero attached hydrogens (tertiary/aromatic N) is 1. The largest absolute Gasteiger partial charge is 0.486 e. The van der Waals surface area contributed by atoms with Crippen molar-refractivity contribution in [1.82, 2.24) is 0 Å². The highest BCUT2D eigenvalue weighted by Crippen LogP contribution is 2.17. The van der Waals surface area contributed by atoms with Gasteiger partial charge in [-0.05, 0) is 24.3 Å². The maximum atomic E-state index is 11.6. The number of hydrogen-bond acceptors (Lipinski definition) is 7. The number of ether oxygens (including phenoxy) is 1. The molecule has 0 heterocycles. The number of anilines is 1. The van der Waals surface area contributed by atoms with E-state index in [0.29, 0.717) is 5.75 Å². The minimum absolute atomic E-state index is 0.118. The van der Waals surface area contributed by atoms with E-state index in [4.69, 9.17) is 15.7 Å². The second-order valence-electron chi connectivity index (χ2n) is 4.16. The fraction of sp³-hybridized carbons (Fsp3) is 0.300. The Bertz CT molecular complexity index is 710. The summed E-state index contributed by atoms with van der Waals surface area (Å²) in [4.78, 5) is 0. The van der Waals surface area contributed by atoms with Crippen molar-refractivity contribution in [3.63, 3.8) is 0 Å². The quantitative estimate of drug-likeness (QED) is 0.264. The maximum absolute atomic E-state index is 11.6. The molecule has 0 aromatic heterocycles. The number of nitrogens with two attached hydrogens (primary N) is 1. The van der Waals surface area contributed by atoms with Gasteiger partial charge >= 0.3 is 0 Å². The van der Waals surface area contributed by atoms with Gasteiger partial charge in [0.1, 0.15) is 12.4 Å². The molecule has 0 spiro atoms. The molecule has 0 unspecified atom stereocenters. The predicted octanol–water partition coefficient (Wildman–Crippen LogP) is -0.444. The molecule has 11 heteroatoms. The molecule has 0 saturated carbocycles. The SMILES string of the molecule is CS(=O)(=O)CS(=O)(=O)Nc1ccc(OC/C(N)=N/O)cc1. The van der Waals surface area contributed by atoms with Gasteiger partial charge in [-0.2, -0.15) is 0 Å². The van der Waals surface area contributed by atoms with E-state index in [1.165, 1.54) is 24.3 Å². The van der Waals surface area contributed by atoms with Gasteiger partial charge in [0.15, 0.2) is 20.8 Å². The van der Waals surface area contributed by atoms with Gasteiger partial charge in [0.05, 0.1) is 0 Å². The summed E-state index contributed by atoms with van der Waals surface area (Å²) < 4.78 is 52.4. The van der Waals surface area contributed by atoms with Crippen molar-refractivity contribution in [1.29, 1.82) is 0 Å². The lowest BCUT2D eigenvalue weighted by molar-refractivity contribution is 0.306. The molecule has 1 aromatic carbocycles. The molecule has 4 N–H and O–H groups in total. The lowest BCUT2D eigenvalue weighted by atomic mass is 10.3. The first-order chi connectivity index (χ1) is 9.61. The lowest BCUT2D eigenvalue weighted by Crippen LogP contribution is -2.22. The van der Waals surface area contributed by atoms with Crippen LogP contribution in [0.2, 0.25) is 0 Å². The van der Waals surface area contributed by atoms with Crippen molar-refractivity contribution < 1.29 is 26.8 Å². The molecule has 0 bridgehead atoms. The van der Waals surface area contributed by atoms with Crippen molar-refractivity contribution in [3.05, 3.63) is 24.3 Å². The second-order valence-corrected chi connectivity index (χ2v) is 8.39. The van der Waals surface area contributed by atoms with E-state index < -0.39 is 24.9 Å². The van der Waals surface area contributed by atoms with E-state index in [2.05, 4.69) is 9.88 Å². The van der Waals surface area contributed by atoms with E-state index in [0.717, 1.165) is 6.26 Å². The van der Waals surface area contributed by atoms with Crippen LogP contribution in [0.4, 0.5) is 5.69 Å². The molecule has 0 amide bonds. The highest BCUT2D eigenvalue weighted by atomic mass is 32.3. The number of oxime groups is 1. The highest BCUT2D eigenvalue weighted by Gasteiger charge is 2.17. The fourth-order valence-corrected chi connectivity index (χ4v) is 4.28. The zero-order chi connectivity index (χ0) is 16.1. The maximum Gasteiger partial charge on any atom is 0.247 e. The first-order valence-corrected chi connectivity index (χ1v) is 9.20. The molecule has 1 rings (SSSR count). The predicted molar refractivity (Wildman–Crippen MR) is 77.6 cm³/mol. The third-order valence-corrected chi connectivity index (χ3v) is 5.51.